The smallest absolute Gasteiger partial charge is 0.389 e. The van der Waals surface area contributed by atoms with E-state index in [1.54, 1.807) is 12.1 Å². The van der Waals surface area contributed by atoms with E-state index in [0.29, 0.717) is 35.2 Å². The van der Waals surface area contributed by atoms with Crippen LogP contribution in [0.25, 0.3) is 0 Å². The molecule has 3 rings (SSSR count). The quantitative estimate of drug-likeness (QED) is 0.853. The van der Waals surface area contributed by atoms with Gasteiger partial charge in [-0.1, -0.05) is 11.6 Å². The average Bonchev–Trinajstić information content (AvgIpc) is 2.94. The summed E-state index contributed by atoms with van der Waals surface area (Å²) in [5.41, 5.74) is 0.669. The molecule has 2 aliphatic heterocycles. The molecule has 24 heavy (non-hydrogen) atoms. The Bertz CT molecular complexity index is 566. The molecular formula is C15H19Cl2F3N2O2. The number of ether oxygens (including phenoxy) is 2. The van der Waals surface area contributed by atoms with Crippen LogP contribution in [0.15, 0.2) is 12.1 Å². The minimum Gasteiger partial charge on any atom is -0.454 e. The van der Waals surface area contributed by atoms with E-state index in [1.165, 1.54) is 0 Å². The second-order valence-electron chi connectivity index (χ2n) is 5.68. The summed E-state index contributed by atoms with van der Waals surface area (Å²) < 4.78 is 48.7. The molecular weight excluding hydrogens is 368 g/mol. The summed E-state index contributed by atoms with van der Waals surface area (Å²) in [6.45, 7) is 2.99. The van der Waals surface area contributed by atoms with Crippen LogP contribution in [0.3, 0.4) is 0 Å². The Morgan fingerprint density at radius 3 is 2.42 bits per heavy atom. The maximum absolute atomic E-state index is 12.7. The van der Waals surface area contributed by atoms with E-state index in [2.05, 4.69) is 5.32 Å². The fourth-order valence-electron chi connectivity index (χ4n) is 3.02. The first-order chi connectivity index (χ1) is 10.9. The lowest BCUT2D eigenvalue weighted by Crippen LogP contribution is -2.45. The third-order valence-corrected chi connectivity index (χ3v) is 4.47. The lowest BCUT2D eigenvalue weighted by molar-refractivity contribution is -0.138. The molecule has 2 heterocycles. The van der Waals surface area contributed by atoms with Gasteiger partial charge in [0, 0.05) is 49.7 Å². The molecule has 1 N–H and O–H groups in total. The third-order valence-electron chi connectivity index (χ3n) is 4.14. The minimum absolute atomic E-state index is 0. The third kappa shape index (κ3) is 4.59. The van der Waals surface area contributed by atoms with Gasteiger partial charge in [0.15, 0.2) is 11.5 Å². The molecule has 4 nitrogen and oxygen atoms in total. The highest BCUT2D eigenvalue weighted by atomic mass is 35.5. The highest BCUT2D eigenvalue weighted by Gasteiger charge is 2.33. The molecule has 1 saturated heterocycles. The Labute approximate surface area is 149 Å². The van der Waals surface area contributed by atoms with Gasteiger partial charge >= 0.3 is 6.18 Å². The zero-order valence-electron chi connectivity index (χ0n) is 12.9. The Hall–Kier alpha value is -0.890. The monoisotopic (exact) mass is 386 g/mol. The minimum atomic E-state index is -4.19. The first kappa shape index (κ1) is 19.4. The summed E-state index contributed by atoms with van der Waals surface area (Å²) in [4.78, 5) is 2.05. The molecule has 0 aliphatic carbocycles. The number of nitrogens with zero attached hydrogens (tertiary/aromatic N) is 1. The number of alkyl halides is 3. The molecule has 1 aromatic carbocycles. The second kappa shape index (κ2) is 7.99. The van der Waals surface area contributed by atoms with Crippen LogP contribution in [0.5, 0.6) is 11.5 Å². The summed E-state index contributed by atoms with van der Waals surface area (Å²) in [5, 5.41) is 3.62. The van der Waals surface area contributed by atoms with E-state index in [4.69, 9.17) is 21.1 Å². The predicted octanol–water partition coefficient (Wildman–Crippen LogP) is 3.78. The van der Waals surface area contributed by atoms with Crippen LogP contribution < -0.4 is 14.8 Å². The van der Waals surface area contributed by atoms with E-state index in [9.17, 15) is 13.2 Å². The van der Waals surface area contributed by atoms with Crippen LogP contribution in [-0.4, -0.2) is 44.0 Å². The zero-order valence-corrected chi connectivity index (χ0v) is 14.4. The summed E-state index contributed by atoms with van der Waals surface area (Å²) in [6, 6.07) is 2.95. The lowest BCUT2D eigenvalue weighted by atomic mass is 9.98. The van der Waals surface area contributed by atoms with Gasteiger partial charge in [0.1, 0.15) is 0 Å². The maximum Gasteiger partial charge on any atom is 0.389 e. The number of piperazine rings is 1. The number of halogens is 5. The average molecular weight is 387 g/mol. The topological polar surface area (TPSA) is 33.7 Å². The molecule has 1 aromatic rings. The molecule has 1 atom stereocenters. The van der Waals surface area contributed by atoms with Gasteiger partial charge in [-0.15, -0.1) is 12.4 Å². The molecule has 0 radical (unpaired) electrons. The molecule has 9 heteroatoms. The largest absolute Gasteiger partial charge is 0.454 e. The SMILES string of the molecule is Cl.FC(F)(F)CC[C@H](c1cc2c(cc1Cl)OCO2)N1CCNCC1. The fraction of sp³-hybridized carbons (Fsp3) is 0.600. The predicted molar refractivity (Wildman–Crippen MR) is 87.3 cm³/mol. The van der Waals surface area contributed by atoms with Crippen LogP contribution >= 0.6 is 24.0 Å². The molecule has 0 unspecified atom stereocenters. The van der Waals surface area contributed by atoms with Crippen molar-refractivity contribution in [2.24, 2.45) is 0 Å². The van der Waals surface area contributed by atoms with Crippen molar-refractivity contribution in [3.8, 4) is 11.5 Å². The van der Waals surface area contributed by atoms with Crippen molar-refractivity contribution in [2.45, 2.75) is 25.1 Å². The Morgan fingerprint density at radius 1 is 1.17 bits per heavy atom. The van der Waals surface area contributed by atoms with E-state index in [1.807, 2.05) is 4.90 Å². The Balaban J connectivity index is 0.00000208. The van der Waals surface area contributed by atoms with Gasteiger partial charge in [0.2, 0.25) is 6.79 Å². The van der Waals surface area contributed by atoms with E-state index in [0.717, 1.165) is 13.1 Å². The van der Waals surface area contributed by atoms with Crippen molar-refractivity contribution >= 4 is 24.0 Å². The second-order valence-corrected chi connectivity index (χ2v) is 6.09. The van der Waals surface area contributed by atoms with Crippen molar-refractivity contribution in [3.63, 3.8) is 0 Å². The van der Waals surface area contributed by atoms with Gasteiger partial charge in [0.25, 0.3) is 0 Å². The standard InChI is InChI=1S/C15H18ClF3N2O2.ClH/c16-11-8-14-13(22-9-23-14)7-10(11)12(1-2-15(17,18)19)21-5-3-20-4-6-21;/h7-8,12,20H,1-6,9H2;1H/t12-;/m1./s1. The molecule has 0 bridgehead atoms. The Morgan fingerprint density at radius 2 is 1.79 bits per heavy atom. The summed E-state index contributed by atoms with van der Waals surface area (Å²) in [6.07, 6.45) is -5.05. The first-order valence-electron chi connectivity index (χ1n) is 7.54. The summed E-state index contributed by atoms with van der Waals surface area (Å²) in [7, 11) is 0. The molecule has 0 amide bonds. The van der Waals surface area contributed by atoms with Gasteiger partial charge in [-0.05, 0) is 18.1 Å². The normalized spacial score (nSPS) is 19.0. The van der Waals surface area contributed by atoms with Gasteiger partial charge < -0.3 is 14.8 Å². The zero-order chi connectivity index (χ0) is 16.4. The molecule has 0 saturated carbocycles. The molecule has 0 aromatic heterocycles. The number of benzene rings is 1. The number of hydrogen-bond acceptors (Lipinski definition) is 4. The first-order valence-corrected chi connectivity index (χ1v) is 7.92. The van der Waals surface area contributed by atoms with Crippen molar-refractivity contribution < 1.29 is 22.6 Å². The van der Waals surface area contributed by atoms with Crippen molar-refractivity contribution in [1.82, 2.24) is 10.2 Å². The molecule has 136 valence electrons. The highest BCUT2D eigenvalue weighted by Crippen LogP contribution is 2.42. The van der Waals surface area contributed by atoms with Crippen LogP contribution in [0.4, 0.5) is 13.2 Å². The number of nitrogens with one attached hydrogen (secondary N) is 1. The molecule has 2 aliphatic rings. The number of rotatable bonds is 4. The van der Waals surface area contributed by atoms with Gasteiger partial charge in [-0.3, -0.25) is 4.90 Å². The highest BCUT2D eigenvalue weighted by molar-refractivity contribution is 6.31. The molecule has 0 spiro atoms. The summed E-state index contributed by atoms with van der Waals surface area (Å²) in [5.74, 6) is 1.07. The maximum atomic E-state index is 12.7. The van der Waals surface area contributed by atoms with Crippen LogP contribution in [0, 0.1) is 0 Å². The van der Waals surface area contributed by atoms with Crippen molar-refractivity contribution in [1.29, 1.82) is 0 Å². The lowest BCUT2D eigenvalue weighted by Gasteiger charge is -2.36. The van der Waals surface area contributed by atoms with Crippen LogP contribution in [0.1, 0.15) is 24.4 Å². The molecule has 1 fully saturated rings. The van der Waals surface area contributed by atoms with Gasteiger partial charge in [-0.2, -0.15) is 13.2 Å². The van der Waals surface area contributed by atoms with E-state index in [-0.39, 0.29) is 31.7 Å². The van der Waals surface area contributed by atoms with Crippen molar-refractivity contribution in [2.75, 3.05) is 33.0 Å². The number of hydrogen-bond donors (Lipinski definition) is 1. The van der Waals surface area contributed by atoms with Gasteiger partial charge in [-0.25, -0.2) is 0 Å². The van der Waals surface area contributed by atoms with Crippen molar-refractivity contribution in [3.05, 3.63) is 22.7 Å². The van der Waals surface area contributed by atoms with Crippen LogP contribution in [0.2, 0.25) is 5.02 Å². The Kier molecular flexibility index (Phi) is 6.47. The van der Waals surface area contributed by atoms with E-state index >= 15 is 0 Å². The summed E-state index contributed by atoms with van der Waals surface area (Å²) >= 11 is 6.31. The van der Waals surface area contributed by atoms with E-state index < -0.39 is 12.6 Å². The van der Waals surface area contributed by atoms with Gasteiger partial charge in [0.05, 0.1) is 0 Å². The fourth-order valence-corrected chi connectivity index (χ4v) is 3.30. The van der Waals surface area contributed by atoms with Crippen LogP contribution in [-0.2, 0) is 0 Å². The number of fused-ring (bicyclic) bond motifs is 1.